The molecular weight excluding hydrogens is 778 g/mol. The molecule has 3 heterocycles. The third kappa shape index (κ3) is 15.0. The third-order valence-electron chi connectivity index (χ3n) is 9.20. The highest BCUT2D eigenvalue weighted by Gasteiger charge is 2.39. The van der Waals surface area contributed by atoms with Crippen molar-refractivity contribution in [1.29, 1.82) is 0 Å². The Kier molecular flexibility index (Phi) is 18.2. The number of carboxylic acids is 1. The lowest BCUT2D eigenvalue weighted by atomic mass is 10.0. The predicted octanol–water partition coefficient (Wildman–Crippen LogP) is -5.92. The normalized spacial score (nSPS) is 16.6. The van der Waals surface area contributed by atoms with Crippen molar-refractivity contribution in [1.82, 2.24) is 51.4 Å². The quantitative estimate of drug-likeness (QED) is 0.0266. The lowest BCUT2D eigenvalue weighted by Crippen LogP contribution is -2.60. The van der Waals surface area contributed by atoms with E-state index in [2.05, 4.69) is 51.5 Å². The van der Waals surface area contributed by atoms with Crippen LogP contribution in [-0.2, 0) is 51.2 Å². The maximum Gasteiger partial charge on any atom is 0.325 e. The fourth-order valence-corrected chi connectivity index (χ4v) is 6.03. The predicted molar refractivity (Wildman–Crippen MR) is 206 cm³/mol. The Bertz CT molecular complexity index is 1780. The fourth-order valence-electron chi connectivity index (χ4n) is 6.03. The number of aliphatic imine (C=N–C) groups is 1. The van der Waals surface area contributed by atoms with Crippen molar-refractivity contribution in [3.05, 3.63) is 36.4 Å². The smallest absolute Gasteiger partial charge is 0.325 e. The number of aliphatic carboxylic acids is 1. The van der Waals surface area contributed by atoms with E-state index in [0.29, 0.717) is 17.8 Å². The molecule has 0 aliphatic carbocycles. The van der Waals surface area contributed by atoms with Crippen molar-refractivity contribution in [3.63, 3.8) is 0 Å². The van der Waals surface area contributed by atoms with E-state index in [1.54, 1.807) is 0 Å². The summed E-state index contributed by atoms with van der Waals surface area (Å²) in [4.78, 5) is 123. The highest BCUT2D eigenvalue weighted by Crippen LogP contribution is 2.19. The molecule has 0 bridgehead atoms. The number of aromatic nitrogens is 4. The van der Waals surface area contributed by atoms with Crippen LogP contribution in [-0.4, -0.2) is 150 Å². The van der Waals surface area contributed by atoms with Crippen molar-refractivity contribution in [2.45, 2.75) is 101 Å². The average Bonchev–Trinajstić information content (AvgIpc) is 4.00. The molecule has 25 heteroatoms. The van der Waals surface area contributed by atoms with Gasteiger partial charge in [-0.25, -0.2) is 9.97 Å². The first kappa shape index (κ1) is 46.8. The number of primary amides is 1. The van der Waals surface area contributed by atoms with Crippen molar-refractivity contribution in [2.75, 3.05) is 19.7 Å². The summed E-state index contributed by atoms with van der Waals surface area (Å²) >= 11 is 0. The number of rotatable bonds is 24. The molecule has 17 N–H and O–H groups in total. The van der Waals surface area contributed by atoms with E-state index in [9.17, 15) is 48.6 Å². The molecule has 0 aromatic carbocycles. The maximum absolute atomic E-state index is 13.9. The monoisotopic (exact) mass is 831 g/mol. The molecule has 1 saturated heterocycles. The number of aliphatic hydroxyl groups is 1. The maximum atomic E-state index is 13.9. The van der Waals surface area contributed by atoms with Gasteiger partial charge in [-0.1, -0.05) is 0 Å². The van der Waals surface area contributed by atoms with Gasteiger partial charge in [0.1, 0.15) is 36.3 Å². The second-order valence-corrected chi connectivity index (χ2v) is 13.8. The van der Waals surface area contributed by atoms with Crippen LogP contribution < -0.4 is 49.5 Å². The second kappa shape index (κ2) is 22.9. The molecule has 7 amide bonds. The first-order chi connectivity index (χ1) is 28.0. The zero-order valence-electron chi connectivity index (χ0n) is 32.4. The van der Waals surface area contributed by atoms with Gasteiger partial charge in [-0.15, -0.1) is 0 Å². The van der Waals surface area contributed by atoms with Gasteiger partial charge in [0.2, 0.25) is 41.4 Å². The van der Waals surface area contributed by atoms with Crippen LogP contribution in [0, 0.1) is 0 Å². The third-order valence-corrected chi connectivity index (χ3v) is 9.20. The molecule has 7 atom stereocenters. The molecule has 2 aromatic heterocycles. The molecular formula is C34H53N15O10. The molecule has 59 heavy (non-hydrogen) atoms. The average molecular weight is 832 g/mol. The van der Waals surface area contributed by atoms with E-state index in [4.69, 9.17) is 22.9 Å². The molecule has 1 aliphatic heterocycles. The Morgan fingerprint density at radius 3 is 1.93 bits per heavy atom. The van der Waals surface area contributed by atoms with E-state index in [1.165, 1.54) is 32.0 Å². The summed E-state index contributed by atoms with van der Waals surface area (Å²) < 4.78 is 0. The van der Waals surface area contributed by atoms with Crippen LogP contribution in [0.25, 0.3) is 0 Å². The number of amides is 7. The molecule has 3 rings (SSSR count). The minimum Gasteiger partial charge on any atom is -0.480 e. The number of carboxylic acid groups (broad SMARTS) is 1. The number of carbonyl (C=O) groups is 8. The molecule has 0 saturated carbocycles. The number of imidazole rings is 2. The highest BCUT2D eigenvalue weighted by atomic mass is 16.4. The number of aromatic amines is 2. The van der Waals surface area contributed by atoms with Crippen LogP contribution in [0.4, 0.5) is 0 Å². The van der Waals surface area contributed by atoms with Crippen molar-refractivity contribution in [2.24, 2.45) is 27.9 Å². The lowest BCUT2D eigenvalue weighted by molar-refractivity contribution is -0.145. The van der Waals surface area contributed by atoms with Crippen LogP contribution in [0.1, 0.15) is 56.8 Å². The molecule has 2 aromatic rings. The van der Waals surface area contributed by atoms with Gasteiger partial charge in [-0.05, 0) is 39.0 Å². The molecule has 0 spiro atoms. The zero-order valence-corrected chi connectivity index (χ0v) is 32.4. The number of likely N-dealkylation sites (tertiary alicyclic amines) is 1. The van der Waals surface area contributed by atoms with Crippen molar-refractivity contribution in [3.8, 4) is 0 Å². The summed E-state index contributed by atoms with van der Waals surface area (Å²) in [5.74, 6) is -7.40. The number of hydrogen-bond donors (Lipinski definition) is 13. The number of nitrogens with zero attached hydrogens (tertiary/aromatic N) is 4. The van der Waals surface area contributed by atoms with Gasteiger partial charge >= 0.3 is 5.97 Å². The van der Waals surface area contributed by atoms with Gasteiger partial charge in [-0.2, -0.15) is 0 Å². The topological polar surface area (TPSA) is 414 Å². The van der Waals surface area contributed by atoms with Crippen LogP contribution >= 0.6 is 0 Å². The molecule has 324 valence electrons. The lowest BCUT2D eigenvalue weighted by Gasteiger charge is -2.30. The summed E-state index contributed by atoms with van der Waals surface area (Å²) in [6.45, 7) is 0.427. The fraction of sp³-hybridized carbons (Fsp3) is 0.559. The number of guanidine groups is 1. The minimum absolute atomic E-state index is 0.0169. The van der Waals surface area contributed by atoms with Crippen molar-refractivity contribution < 1.29 is 48.6 Å². The van der Waals surface area contributed by atoms with Gasteiger partial charge < -0.3 is 74.6 Å². The van der Waals surface area contributed by atoms with Crippen LogP contribution in [0.3, 0.4) is 0 Å². The molecule has 0 radical (unpaired) electrons. The highest BCUT2D eigenvalue weighted by molar-refractivity contribution is 5.97. The van der Waals surface area contributed by atoms with E-state index in [1.807, 2.05) is 0 Å². The molecule has 1 aliphatic rings. The largest absolute Gasteiger partial charge is 0.480 e. The van der Waals surface area contributed by atoms with Gasteiger partial charge in [0.15, 0.2) is 5.96 Å². The Labute approximate surface area is 337 Å². The minimum atomic E-state index is -1.60. The van der Waals surface area contributed by atoms with Crippen LogP contribution in [0.15, 0.2) is 30.0 Å². The first-order valence-electron chi connectivity index (χ1n) is 18.7. The SMILES string of the molecule is C[C@H](NC(=O)[C@@H]1CCCN1C(=O)[C@H](CO)NC(=O)[C@H](CCCN=C(N)N)NC(=O)[C@H](CCC(N)=O)NC(=O)[C@H](Cc1cnc[nH]1)NC(=O)[C@@H](N)Cc1cnc[nH]1)C(=O)O. The Morgan fingerprint density at radius 2 is 1.39 bits per heavy atom. The Balaban J connectivity index is 1.81. The van der Waals surface area contributed by atoms with Gasteiger partial charge in [-0.3, -0.25) is 43.3 Å². The van der Waals surface area contributed by atoms with E-state index < -0.39 is 96.2 Å². The standard InChI is InChI=1S/C34H53N15O10/c1-17(33(58)59)44-31(56)25-5-3-9-49(25)32(57)24(14-50)48-28(53)21(4-2-8-41-34(37)38)45-29(54)22(6-7-26(36)51)46-30(55)23(11-19-13-40-16-43-19)47-27(52)20(35)10-18-12-39-15-42-18/h12-13,15-17,20-25,50H,2-11,14,35H2,1H3,(H2,36,51)(H,39,42)(H,40,43)(H,44,56)(H,45,54)(H,46,55)(H,47,52)(H,48,53)(H,58,59)(H4,37,38,41)/t17-,20-,21-,22-,23-,24-,25-/m0/s1. The molecule has 0 unspecified atom stereocenters. The Morgan fingerprint density at radius 1 is 0.831 bits per heavy atom. The zero-order chi connectivity index (χ0) is 43.6. The first-order valence-corrected chi connectivity index (χ1v) is 18.7. The summed E-state index contributed by atoms with van der Waals surface area (Å²) in [5.41, 5.74) is 23.3. The number of nitrogens with one attached hydrogen (secondary N) is 7. The van der Waals surface area contributed by atoms with E-state index in [0.717, 1.165) is 4.90 Å². The summed E-state index contributed by atoms with van der Waals surface area (Å²) in [7, 11) is 0. The van der Waals surface area contributed by atoms with Gasteiger partial charge in [0.25, 0.3) is 0 Å². The summed E-state index contributed by atoms with van der Waals surface area (Å²) in [5, 5.41) is 31.7. The van der Waals surface area contributed by atoms with Crippen LogP contribution in [0.5, 0.6) is 0 Å². The Hall–Kier alpha value is -6.63. The molecule has 1 fully saturated rings. The summed E-state index contributed by atoms with van der Waals surface area (Å²) in [6, 6.07) is -9.29. The van der Waals surface area contributed by atoms with E-state index in [-0.39, 0.29) is 64.0 Å². The summed E-state index contributed by atoms with van der Waals surface area (Å²) in [6.07, 6.45) is 5.44. The number of nitrogens with two attached hydrogens (primary N) is 4. The van der Waals surface area contributed by atoms with Gasteiger partial charge in [0.05, 0.1) is 25.3 Å². The molecule has 25 nitrogen and oxygen atoms in total. The number of H-pyrrole nitrogens is 2. The van der Waals surface area contributed by atoms with Gasteiger partial charge in [0, 0.05) is 56.1 Å². The number of aliphatic hydroxyl groups excluding tert-OH is 1. The second-order valence-electron chi connectivity index (χ2n) is 13.8. The number of carbonyl (C=O) groups excluding carboxylic acids is 7. The van der Waals surface area contributed by atoms with Crippen LogP contribution in [0.2, 0.25) is 0 Å². The van der Waals surface area contributed by atoms with Crippen molar-refractivity contribution >= 4 is 53.3 Å². The van der Waals surface area contributed by atoms with E-state index >= 15 is 0 Å². The number of hydrogen-bond acceptors (Lipinski definition) is 13.